The summed E-state index contributed by atoms with van der Waals surface area (Å²) in [6.45, 7) is 2.76. The van der Waals surface area contributed by atoms with Crippen LogP contribution in [0, 0.1) is 12.8 Å². The molecule has 2 aromatic carbocycles. The van der Waals surface area contributed by atoms with Gasteiger partial charge in [0.2, 0.25) is 0 Å². The summed E-state index contributed by atoms with van der Waals surface area (Å²) in [5, 5.41) is 9.38. The van der Waals surface area contributed by atoms with Crippen LogP contribution in [0.3, 0.4) is 0 Å². The summed E-state index contributed by atoms with van der Waals surface area (Å²) in [6.07, 6.45) is 5.07. The van der Waals surface area contributed by atoms with E-state index in [1.165, 1.54) is 25.7 Å². The molecular weight excluding hydrogens is 453 g/mol. The van der Waals surface area contributed by atoms with Crippen molar-refractivity contribution in [3.8, 4) is 22.7 Å². The first-order valence-electron chi connectivity index (χ1n) is 9.98. The number of aromatic carboxylic acids is 1. The Morgan fingerprint density at radius 3 is 2.63 bits per heavy atom. The van der Waals surface area contributed by atoms with E-state index in [-0.39, 0.29) is 35.1 Å². The summed E-state index contributed by atoms with van der Waals surface area (Å²) in [6, 6.07) is 17.2. The summed E-state index contributed by atoms with van der Waals surface area (Å²) < 4.78 is 9.32. The predicted octanol–water partition coefficient (Wildman–Crippen LogP) is 5.83. The standard InChI is InChI=1S/C24H24BrNO3.Na.H/c1-16-9-11-22(26(16)20-8-4-7-18(13-20)24(27)28)21-14-19(25)10-12-23(21)29-15-17-5-2-3-6-17;;/h4,7-14,17H,2-3,5-6,15H2,1H3,(H,27,28);;. The number of ether oxygens (including phenoxy) is 1. The van der Waals surface area contributed by atoms with E-state index in [1.807, 2.05) is 31.2 Å². The van der Waals surface area contributed by atoms with Gasteiger partial charge in [-0.3, -0.25) is 0 Å². The average Bonchev–Trinajstić information content (AvgIpc) is 3.36. The second kappa shape index (κ2) is 10.2. The fraction of sp³-hybridized carbons (Fsp3) is 0.292. The first kappa shape index (κ1) is 23.1. The third kappa shape index (κ3) is 5.02. The molecule has 3 aromatic rings. The van der Waals surface area contributed by atoms with Crippen LogP contribution in [0.15, 0.2) is 59.1 Å². The van der Waals surface area contributed by atoms with E-state index >= 15 is 0 Å². The Hall–Kier alpha value is -1.53. The van der Waals surface area contributed by atoms with Gasteiger partial charge in [-0.1, -0.05) is 34.8 Å². The molecule has 0 unspecified atom stereocenters. The quantitative estimate of drug-likeness (QED) is 0.454. The van der Waals surface area contributed by atoms with Crippen molar-refractivity contribution in [2.45, 2.75) is 32.6 Å². The van der Waals surface area contributed by atoms with Gasteiger partial charge >= 0.3 is 35.5 Å². The Kier molecular flexibility index (Phi) is 7.86. The van der Waals surface area contributed by atoms with E-state index in [4.69, 9.17) is 4.74 Å². The van der Waals surface area contributed by atoms with Crippen molar-refractivity contribution in [3.63, 3.8) is 0 Å². The van der Waals surface area contributed by atoms with E-state index < -0.39 is 5.97 Å². The van der Waals surface area contributed by atoms with E-state index in [2.05, 4.69) is 32.6 Å². The molecule has 4 nitrogen and oxygen atoms in total. The molecule has 30 heavy (non-hydrogen) atoms. The summed E-state index contributed by atoms with van der Waals surface area (Å²) in [5.41, 5.74) is 4.10. The summed E-state index contributed by atoms with van der Waals surface area (Å²) in [5.74, 6) is 0.558. The van der Waals surface area contributed by atoms with Gasteiger partial charge in [0.05, 0.1) is 17.9 Å². The molecule has 152 valence electrons. The van der Waals surface area contributed by atoms with Gasteiger partial charge in [-0.25, -0.2) is 4.79 Å². The van der Waals surface area contributed by atoms with Crippen molar-refractivity contribution in [1.82, 2.24) is 4.57 Å². The van der Waals surface area contributed by atoms with Gasteiger partial charge in [-0.2, -0.15) is 0 Å². The molecule has 1 N–H and O–H groups in total. The number of hydrogen-bond donors (Lipinski definition) is 1. The number of benzene rings is 2. The monoisotopic (exact) mass is 477 g/mol. The van der Waals surface area contributed by atoms with E-state index in [1.54, 1.807) is 18.2 Å². The first-order chi connectivity index (χ1) is 14.0. The molecule has 4 rings (SSSR count). The number of carboxylic acid groups (broad SMARTS) is 1. The van der Waals surface area contributed by atoms with E-state index in [9.17, 15) is 9.90 Å². The number of carbonyl (C=O) groups is 1. The molecule has 0 spiro atoms. The van der Waals surface area contributed by atoms with Crippen LogP contribution in [-0.2, 0) is 0 Å². The second-order valence-electron chi connectivity index (χ2n) is 7.65. The van der Waals surface area contributed by atoms with Gasteiger partial charge in [0, 0.05) is 21.4 Å². The molecule has 0 aliphatic heterocycles. The van der Waals surface area contributed by atoms with E-state index in [0.29, 0.717) is 5.92 Å². The van der Waals surface area contributed by atoms with Gasteiger partial charge < -0.3 is 14.4 Å². The van der Waals surface area contributed by atoms with Crippen molar-refractivity contribution in [2.24, 2.45) is 5.92 Å². The van der Waals surface area contributed by atoms with Crippen molar-refractivity contribution in [1.29, 1.82) is 0 Å². The fourth-order valence-electron chi connectivity index (χ4n) is 4.08. The number of halogens is 1. The van der Waals surface area contributed by atoms with Gasteiger partial charge in [0.25, 0.3) is 0 Å². The molecule has 0 saturated heterocycles. The molecule has 1 saturated carbocycles. The molecule has 1 aliphatic rings. The molecule has 1 aromatic heterocycles. The molecular formula is C24H25BrNNaO3. The summed E-state index contributed by atoms with van der Waals surface area (Å²) >= 11 is 3.59. The molecule has 0 atom stereocenters. The van der Waals surface area contributed by atoms with Gasteiger partial charge in [0.15, 0.2) is 0 Å². The number of aromatic nitrogens is 1. The van der Waals surface area contributed by atoms with Crippen molar-refractivity contribution < 1.29 is 14.6 Å². The zero-order valence-corrected chi connectivity index (χ0v) is 18.0. The second-order valence-corrected chi connectivity index (χ2v) is 8.57. The third-order valence-electron chi connectivity index (χ3n) is 5.59. The average molecular weight is 478 g/mol. The molecule has 0 bridgehead atoms. The van der Waals surface area contributed by atoms with Crippen LogP contribution >= 0.6 is 15.9 Å². The Bertz CT molecular complexity index is 1040. The van der Waals surface area contributed by atoms with Crippen LogP contribution in [0.25, 0.3) is 16.9 Å². The minimum atomic E-state index is -0.929. The molecule has 1 heterocycles. The molecule has 0 radical (unpaired) electrons. The zero-order valence-electron chi connectivity index (χ0n) is 16.4. The van der Waals surface area contributed by atoms with Crippen LogP contribution in [0.4, 0.5) is 0 Å². The Labute approximate surface area is 207 Å². The maximum atomic E-state index is 11.4. The normalized spacial score (nSPS) is 13.8. The van der Waals surface area contributed by atoms with Gasteiger partial charge in [-0.05, 0) is 74.2 Å². The number of aryl methyl sites for hydroxylation is 1. The van der Waals surface area contributed by atoms with Gasteiger partial charge in [-0.15, -0.1) is 0 Å². The Balaban J connectivity index is 0.00000256. The zero-order chi connectivity index (χ0) is 20.4. The Morgan fingerprint density at radius 2 is 1.90 bits per heavy atom. The number of rotatable bonds is 6. The molecule has 0 amide bonds. The van der Waals surface area contributed by atoms with Crippen LogP contribution in [0.5, 0.6) is 5.75 Å². The van der Waals surface area contributed by atoms with Crippen LogP contribution in [-0.4, -0.2) is 51.8 Å². The molecule has 6 heteroatoms. The van der Waals surface area contributed by atoms with Crippen molar-refractivity contribution >= 4 is 51.5 Å². The van der Waals surface area contributed by atoms with Crippen LogP contribution < -0.4 is 4.74 Å². The van der Waals surface area contributed by atoms with Crippen LogP contribution in [0.1, 0.15) is 41.7 Å². The maximum absolute atomic E-state index is 11.4. The van der Waals surface area contributed by atoms with Crippen molar-refractivity contribution in [2.75, 3.05) is 6.61 Å². The summed E-state index contributed by atoms with van der Waals surface area (Å²) in [4.78, 5) is 11.4. The number of hydrogen-bond acceptors (Lipinski definition) is 2. The fourth-order valence-corrected chi connectivity index (χ4v) is 4.44. The van der Waals surface area contributed by atoms with Crippen LogP contribution in [0.2, 0.25) is 0 Å². The van der Waals surface area contributed by atoms with Gasteiger partial charge in [0.1, 0.15) is 5.75 Å². The molecule has 1 fully saturated rings. The summed E-state index contributed by atoms with van der Waals surface area (Å²) in [7, 11) is 0. The van der Waals surface area contributed by atoms with Crippen molar-refractivity contribution in [3.05, 3.63) is 70.3 Å². The predicted molar refractivity (Wildman–Crippen MR) is 125 cm³/mol. The third-order valence-corrected chi connectivity index (χ3v) is 6.09. The number of nitrogens with zero attached hydrogens (tertiary/aromatic N) is 1. The minimum absolute atomic E-state index is 0. The topological polar surface area (TPSA) is 51.5 Å². The number of carboxylic acids is 1. The SMILES string of the molecule is Cc1ccc(-c2cc(Br)ccc2OCC2CCCC2)n1-c1cccc(C(=O)O)c1.[NaH]. The first-order valence-corrected chi connectivity index (χ1v) is 10.8. The van der Waals surface area contributed by atoms with E-state index in [0.717, 1.165) is 39.5 Å². The molecule has 1 aliphatic carbocycles. The Morgan fingerprint density at radius 1 is 1.13 bits per heavy atom.